The smallest absolute Gasteiger partial charge is 0.232 e. The summed E-state index contributed by atoms with van der Waals surface area (Å²) in [6.45, 7) is 8.51. The Morgan fingerprint density at radius 1 is 1.30 bits per heavy atom. The molecule has 0 spiro atoms. The van der Waals surface area contributed by atoms with Crippen molar-refractivity contribution in [3.63, 3.8) is 0 Å². The largest absolute Gasteiger partial charge is 0.267 e. The van der Waals surface area contributed by atoms with Crippen LogP contribution >= 0.6 is 0 Å². The van der Waals surface area contributed by atoms with E-state index in [0.717, 1.165) is 30.5 Å². The van der Waals surface area contributed by atoms with Crippen molar-refractivity contribution in [1.82, 2.24) is 0 Å². The normalized spacial score (nSPS) is 19.2. The Morgan fingerprint density at radius 3 is 2.45 bits per heavy atom. The fourth-order valence-electron chi connectivity index (χ4n) is 3.13. The molecule has 1 heterocycles. The van der Waals surface area contributed by atoms with E-state index in [1.165, 1.54) is 11.8 Å². The van der Waals surface area contributed by atoms with Crippen molar-refractivity contribution in [2.75, 3.05) is 10.6 Å². The highest BCUT2D eigenvalue weighted by molar-refractivity contribution is 7.92. The lowest BCUT2D eigenvalue weighted by Crippen LogP contribution is -2.37. The molecule has 4 heteroatoms. The Bertz CT molecular complexity index is 599. The summed E-state index contributed by atoms with van der Waals surface area (Å²) in [5, 5.41) is 0. The molecule has 0 saturated carbocycles. The van der Waals surface area contributed by atoms with Gasteiger partial charge in [0, 0.05) is 6.04 Å². The van der Waals surface area contributed by atoms with E-state index in [1.54, 1.807) is 4.31 Å². The van der Waals surface area contributed by atoms with Crippen LogP contribution in [0.2, 0.25) is 0 Å². The van der Waals surface area contributed by atoms with Crippen LogP contribution in [0.25, 0.3) is 0 Å². The number of sulfonamides is 1. The average molecular weight is 295 g/mol. The molecule has 1 atom stereocenters. The number of hydrogen-bond donors (Lipinski definition) is 0. The van der Waals surface area contributed by atoms with Crippen LogP contribution in [0.4, 0.5) is 5.69 Å². The SMILES string of the molecule is CCCC1Cc2cccc(C(C)(C)C)c2N1S(C)(=O)=O. The van der Waals surface area contributed by atoms with E-state index < -0.39 is 10.0 Å². The van der Waals surface area contributed by atoms with Crippen LogP contribution in [0.1, 0.15) is 51.7 Å². The molecule has 1 unspecified atom stereocenters. The summed E-state index contributed by atoms with van der Waals surface area (Å²) in [4.78, 5) is 0. The third-order valence-corrected chi connectivity index (χ3v) is 5.11. The van der Waals surface area contributed by atoms with Crippen LogP contribution in [0.3, 0.4) is 0 Å². The first-order valence-electron chi connectivity index (χ1n) is 7.28. The number of rotatable bonds is 3. The molecule has 2 rings (SSSR count). The minimum absolute atomic E-state index is 0.0601. The maximum atomic E-state index is 12.3. The lowest BCUT2D eigenvalue weighted by Gasteiger charge is -2.30. The summed E-state index contributed by atoms with van der Waals surface area (Å²) in [6.07, 6.45) is 4.06. The predicted molar refractivity (Wildman–Crippen MR) is 84.9 cm³/mol. The van der Waals surface area contributed by atoms with Gasteiger partial charge in [0.25, 0.3) is 0 Å². The molecule has 1 aliphatic heterocycles. The zero-order valence-electron chi connectivity index (χ0n) is 13.1. The Morgan fingerprint density at radius 2 is 1.95 bits per heavy atom. The van der Waals surface area contributed by atoms with Crippen LogP contribution in [0, 0.1) is 0 Å². The summed E-state index contributed by atoms with van der Waals surface area (Å²) >= 11 is 0. The first-order valence-corrected chi connectivity index (χ1v) is 9.13. The van der Waals surface area contributed by atoms with Crippen LogP contribution in [0.5, 0.6) is 0 Å². The zero-order chi connectivity index (χ0) is 15.1. The molecule has 0 aromatic heterocycles. The van der Waals surface area contributed by atoms with Gasteiger partial charge in [0.1, 0.15) is 0 Å². The van der Waals surface area contributed by atoms with Gasteiger partial charge < -0.3 is 0 Å². The van der Waals surface area contributed by atoms with Crippen molar-refractivity contribution in [3.8, 4) is 0 Å². The van der Waals surface area contributed by atoms with Gasteiger partial charge in [0.2, 0.25) is 10.0 Å². The Kier molecular flexibility index (Phi) is 3.89. The van der Waals surface area contributed by atoms with Gasteiger partial charge >= 0.3 is 0 Å². The van der Waals surface area contributed by atoms with Crippen molar-refractivity contribution < 1.29 is 8.42 Å². The van der Waals surface area contributed by atoms with Crippen LogP contribution in [-0.2, 0) is 21.9 Å². The van der Waals surface area contributed by atoms with Gasteiger partial charge in [0.15, 0.2) is 0 Å². The van der Waals surface area contributed by atoms with E-state index in [2.05, 4.69) is 39.8 Å². The van der Waals surface area contributed by atoms with Gasteiger partial charge in [-0.05, 0) is 29.4 Å². The second-order valence-electron chi connectivity index (χ2n) is 6.77. The van der Waals surface area contributed by atoms with Gasteiger partial charge in [0.05, 0.1) is 11.9 Å². The molecule has 3 nitrogen and oxygen atoms in total. The molecular weight excluding hydrogens is 270 g/mol. The summed E-state index contributed by atoms with van der Waals surface area (Å²) in [5.74, 6) is 0. The van der Waals surface area contributed by atoms with E-state index >= 15 is 0 Å². The third-order valence-electron chi connectivity index (χ3n) is 3.91. The van der Waals surface area contributed by atoms with Gasteiger partial charge in [-0.3, -0.25) is 4.31 Å². The molecule has 1 aromatic carbocycles. The molecule has 20 heavy (non-hydrogen) atoms. The summed E-state index contributed by atoms with van der Waals surface area (Å²) in [6, 6.07) is 6.26. The molecule has 112 valence electrons. The fourth-order valence-corrected chi connectivity index (χ4v) is 4.40. The monoisotopic (exact) mass is 295 g/mol. The highest BCUT2D eigenvalue weighted by atomic mass is 32.2. The maximum Gasteiger partial charge on any atom is 0.232 e. The van der Waals surface area contributed by atoms with Crippen molar-refractivity contribution in [1.29, 1.82) is 0 Å². The molecule has 0 fully saturated rings. The van der Waals surface area contributed by atoms with E-state index in [-0.39, 0.29) is 11.5 Å². The summed E-state index contributed by atoms with van der Waals surface area (Å²) in [7, 11) is -3.24. The second-order valence-corrected chi connectivity index (χ2v) is 8.63. The van der Waals surface area contributed by atoms with Crippen LogP contribution < -0.4 is 4.31 Å². The molecule has 0 bridgehead atoms. The number of para-hydroxylation sites is 1. The third kappa shape index (κ3) is 2.71. The Hall–Kier alpha value is -1.03. The molecule has 1 aromatic rings. The van der Waals surface area contributed by atoms with Gasteiger partial charge in [-0.25, -0.2) is 8.42 Å². The van der Waals surface area contributed by atoms with Crippen molar-refractivity contribution in [2.24, 2.45) is 0 Å². The molecular formula is C16H25NO2S. The predicted octanol–water partition coefficient (Wildman–Crippen LogP) is 3.47. The molecule has 0 aliphatic carbocycles. The summed E-state index contributed by atoms with van der Waals surface area (Å²) in [5.41, 5.74) is 3.16. The highest BCUT2D eigenvalue weighted by Gasteiger charge is 2.38. The first kappa shape index (κ1) is 15.4. The number of hydrogen-bond acceptors (Lipinski definition) is 2. The molecule has 0 saturated heterocycles. The van der Waals surface area contributed by atoms with Gasteiger partial charge in [-0.15, -0.1) is 0 Å². The first-order chi connectivity index (χ1) is 9.16. The Labute approximate surface area is 123 Å². The number of anilines is 1. The van der Waals surface area contributed by atoms with Crippen LogP contribution in [-0.4, -0.2) is 20.7 Å². The van der Waals surface area contributed by atoms with Gasteiger partial charge in [-0.2, -0.15) is 0 Å². The minimum Gasteiger partial charge on any atom is -0.267 e. The van der Waals surface area contributed by atoms with Gasteiger partial charge in [-0.1, -0.05) is 52.3 Å². The minimum atomic E-state index is -3.24. The number of nitrogens with zero attached hydrogens (tertiary/aromatic N) is 1. The summed E-state index contributed by atoms with van der Waals surface area (Å²) < 4.78 is 26.2. The second kappa shape index (κ2) is 5.06. The van der Waals surface area contributed by atoms with Crippen molar-refractivity contribution >= 4 is 15.7 Å². The van der Waals surface area contributed by atoms with E-state index in [9.17, 15) is 8.42 Å². The maximum absolute atomic E-state index is 12.3. The van der Waals surface area contributed by atoms with E-state index in [0.29, 0.717) is 0 Å². The van der Waals surface area contributed by atoms with Crippen molar-refractivity contribution in [3.05, 3.63) is 29.3 Å². The van der Waals surface area contributed by atoms with Crippen molar-refractivity contribution in [2.45, 2.75) is 58.4 Å². The molecule has 0 N–H and O–H groups in total. The molecule has 1 aliphatic rings. The molecule has 0 radical (unpaired) electrons. The standard InChI is InChI=1S/C16H25NO2S/c1-6-8-13-11-12-9-7-10-14(16(2,3)4)15(12)17(13)20(5,18)19/h7,9-10,13H,6,8,11H2,1-5H3. The number of benzene rings is 1. The van der Waals surface area contributed by atoms with Crippen LogP contribution in [0.15, 0.2) is 18.2 Å². The van der Waals surface area contributed by atoms with E-state index in [1.807, 2.05) is 6.07 Å². The topological polar surface area (TPSA) is 37.4 Å². The van der Waals surface area contributed by atoms with E-state index in [4.69, 9.17) is 0 Å². The average Bonchev–Trinajstić information content (AvgIpc) is 2.64. The lowest BCUT2D eigenvalue weighted by atomic mass is 9.85. The quantitative estimate of drug-likeness (QED) is 0.856. The Balaban J connectivity index is 2.63. The molecule has 0 amide bonds. The number of fused-ring (bicyclic) bond motifs is 1. The lowest BCUT2D eigenvalue weighted by molar-refractivity contribution is 0.565. The zero-order valence-corrected chi connectivity index (χ0v) is 13.9. The highest BCUT2D eigenvalue weighted by Crippen LogP contribution is 2.42. The fraction of sp³-hybridized carbons (Fsp3) is 0.625.